The van der Waals surface area contributed by atoms with Gasteiger partial charge in [-0.05, 0) is 67.8 Å². The molecule has 0 radical (unpaired) electrons. The zero-order chi connectivity index (χ0) is 14.0. The monoisotopic (exact) mass is 323 g/mol. The van der Waals surface area contributed by atoms with E-state index in [1.807, 2.05) is 0 Å². The average molecular weight is 324 g/mol. The van der Waals surface area contributed by atoms with Crippen LogP contribution in [-0.4, -0.2) is 7.05 Å². The Hall–Kier alpha value is -0.340. The molecular weight excluding hydrogens is 298 g/mol. The lowest BCUT2D eigenvalue weighted by atomic mass is 9.71. The van der Waals surface area contributed by atoms with E-state index in [4.69, 9.17) is 0 Å². The van der Waals surface area contributed by atoms with Gasteiger partial charge in [0.25, 0.3) is 0 Å². The van der Waals surface area contributed by atoms with E-state index >= 15 is 0 Å². The first-order chi connectivity index (χ1) is 9.02. The summed E-state index contributed by atoms with van der Waals surface area (Å²) < 4.78 is 1.19. The smallest absolute Gasteiger partial charge is 0.0349 e. The van der Waals surface area contributed by atoms with Crippen molar-refractivity contribution >= 4 is 15.9 Å². The summed E-state index contributed by atoms with van der Waals surface area (Å²) in [4.78, 5) is 0. The van der Waals surface area contributed by atoms with Crippen LogP contribution < -0.4 is 5.32 Å². The van der Waals surface area contributed by atoms with E-state index < -0.39 is 0 Å². The summed E-state index contributed by atoms with van der Waals surface area (Å²) in [5, 5.41) is 3.57. The Morgan fingerprint density at radius 3 is 2.58 bits per heavy atom. The van der Waals surface area contributed by atoms with Gasteiger partial charge in [-0.2, -0.15) is 0 Å². The molecule has 0 aromatic heterocycles. The molecule has 0 heterocycles. The van der Waals surface area contributed by atoms with Crippen molar-refractivity contribution in [2.45, 2.75) is 46.1 Å². The van der Waals surface area contributed by atoms with Crippen LogP contribution in [0.5, 0.6) is 0 Å². The Kier molecular flexibility index (Phi) is 5.08. The van der Waals surface area contributed by atoms with Crippen LogP contribution in [0.25, 0.3) is 0 Å². The van der Waals surface area contributed by atoms with Gasteiger partial charge in [0.15, 0.2) is 0 Å². The van der Waals surface area contributed by atoms with Gasteiger partial charge >= 0.3 is 0 Å². The van der Waals surface area contributed by atoms with Gasteiger partial charge in [-0.1, -0.05) is 42.3 Å². The first-order valence-corrected chi connectivity index (χ1v) is 8.25. The normalized spacial score (nSPS) is 29.2. The topological polar surface area (TPSA) is 12.0 Å². The third-order valence-corrected chi connectivity index (χ3v) is 5.49. The molecule has 4 atom stereocenters. The van der Waals surface area contributed by atoms with E-state index in [2.05, 4.69) is 67.3 Å². The number of hydrogen-bond donors (Lipinski definition) is 1. The molecule has 4 unspecified atom stereocenters. The molecule has 1 saturated carbocycles. The molecule has 1 N–H and O–H groups in total. The van der Waals surface area contributed by atoms with E-state index in [0.717, 1.165) is 17.8 Å². The maximum Gasteiger partial charge on any atom is 0.0349 e. The molecule has 1 aliphatic rings. The second-order valence-corrected chi connectivity index (χ2v) is 7.21. The summed E-state index contributed by atoms with van der Waals surface area (Å²) in [6, 6.07) is 7.14. The summed E-state index contributed by atoms with van der Waals surface area (Å²) in [5.74, 6) is 2.50. The zero-order valence-electron chi connectivity index (χ0n) is 12.5. The van der Waals surface area contributed by atoms with Crippen molar-refractivity contribution in [3.63, 3.8) is 0 Å². The first kappa shape index (κ1) is 15.1. The van der Waals surface area contributed by atoms with Crippen molar-refractivity contribution in [1.29, 1.82) is 0 Å². The van der Waals surface area contributed by atoms with Gasteiger partial charge in [0.05, 0.1) is 0 Å². The second kappa shape index (κ2) is 6.41. The minimum Gasteiger partial charge on any atom is -0.313 e. The van der Waals surface area contributed by atoms with Crippen LogP contribution in [0.1, 0.15) is 50.3 Å². The molecule has 2 rings (SSSR count). The SMILES string of the molecule is CNC(c1cc(Br)ccc1C)C1CCC(C)C(C)C1. The largest absolute Gasteiger partial charge is 0.313 e. The highest BCUT2D eigenvalue weighted by Gasteiger charge is 2.30. The number of nitrogens with one attached hydrogen (secondary N) is 1. The van der Waals surface area contributed by atoms with Crippen LogP contribution in [0, 0.1) is 24.7 Å². The van der Waals surface area contributed by atoms with Gasteiger partial charge in [0.1, 0.15) is 0 Å². The van der Waals surface area contributed by atoms with Crippen molar-refractivity contribution in [2.75, 3.05) is 7.05 Å². The van der Waals surface area contributed by atoms with Crippen LogP contribution in [0.15, 0.2) is 22.7 Å². The molecule has 2 heteroatoms. The minimum absolute atomic E-state index is 0.493. The van der Waals surface area contributed by atoms with Gasteiger partial charge in [0, 0.05) is 10.5 Å². The second-order valence-electron chi connectivity index (χ2n) is 6.29. The third-order valence-electron chi connectivity index (χ3n) is 5.00. The van der Waals surface area contributed by atoms with E-state index in [9.17, 15) is 0 Å². The number of hydrogen-bond acceptors (Lipinski definition) is 1. The lowest BCUT2D eigenvalue weighted by Crippen LogP contribution is -2.31. The van der Waals surface area contributed by atoms with E-state index in [1.54, 1.807) is 0 Å². The molecule has 1 fully saturated rings. The highest BCUT2D eigenvalue weighted by Crippen LogP contribution is 2.40. The van der Waals surface area contributed by atoms with Crippen molar-refractivity contribution < 1.29 is 0 Å². The zero-order valence-corrected chi connectivity index (χ0v) is 14.1. The van der Waals surface area contributed by atoms with Crippen LogP contribution in [-0.2, 0) is 0 Å². The lowest BCUT2D eigenvalue weighted by molar-refractivity contribution is 0.174. The molecule has 1 nitrogen and oxygen atoms in total. The summed E-state index contributed by atoms with van der Waals surface area (Å²) in [7, 11) is 2.10. The molecule has 1 aromatic carbocycles. The van der Waals surface area contributed by atoms with Gasteiger partial charge in [-0.15, -0.1) is 0 Å². The number of benzene rings is 1. The molecule has 0 amide bonds. The molecule has 19 heavy (non-hydrogen) atoms. The predicted octanol–water partition coefficient (Wildman–Crippen LogP) is 5.09. The molecule has 1 aromatic rings. The molecule has 0 bridgehead atoms. The van der Waals surface area contributed by atoms with Crippen LogP contribution in [0.3, 0.4) is 0 Å². The van der Waals surface area contributed by atoms with Gasteiger partial charge in [-0.25, -0.2) is 0 Å². The lowest BCUT2D eigenvalue weighted by Gasteiger charge is -2.37. The maximum absolute atomic E-state index is 3.61. The molecule has 0 aliphatic heterocycles. The molecule has 106 valence electrons. The van der Waals surface area contributed by atoms with E-state index in [-0.39, 0.29) is 0 Å². The average Bonchev–Trinajstić information content (AvgIpc) is 2.38. The Morgan fingerprint density at radius 2 is 1.95 bits per heavy atom. The number of halogens is 1. The number of rotatable bonds is 3. The Morgan fingerprint density at radius 1 is 1.21 bits per heavy atom. The Bertz CT molecular complexity index is 429. The Labute approximate surface area is 126 Å². The molecule has 0 spiro atoms. The fraction of sp³-hybridized carbons (Fsp3) is 0.647. The van der Waals surface area contributed by atoms with Gasteiger partial charge < -0.3 is 5.32 Å². The van der Waals surface area contributed by atoms with Crippen molar-refractivity contribution in [2.24, 2.45) is 17.8 Å². The predicted molar refractivity (Wildman–Crippen MR) is 86.3 cm³/mol. The summed E-state index contributed by atoms with van der Waals surface area (Å²) in [6.07, 6.45) is 4.07. The van der Waals surface area contributed by atoms with Crippen LogP contribution >= 0.6 is 15.9 Å². The number of aryl methyl sites for hydroxylation is 1. The fourth-order valence-electron chi connectivity index (χ4n) is 3.48. The molecular formula is C17H26BrN. The summed E-state index contributed by atoms with van der Waals surface area (Å²) in [5.41, 5.74) is 2.86. The third kappa shape index (κ3) is 3.41. The van der Waals surface area contributed by atoms with Crippen LogP contribution in [0.4, 0.5) is 0 Å². The van der Waals surface area contributed by atoms with E-state index in [0.29, 0.717) is 6.04 Å². The quantitative estimate of drug-likeness (QED) is 0.816. The van der Waals surface area contributed by atoms with Crippen LogP contribution in [0.2, 0.25) is 0 Å². The Balaban J connectivity index is 2.22. The minimum atomic E-state index is 0.493. The summed E-state index contributed by atoms with van der Waals surface area (Å²) in [6.45, 7) is 7.04. The standard InChI is InChI=1S/C17H26BrN/c1-11-5-7-14(9-13(11)3)17(19-4)16-10-15(18)8-6-12(16)2/h6,8,10-11,13-14,17,19H,5,7,9H2,1-4H3. The van der Waals surface area contributed by atoms with E-state index in [1.165, 1.54) is 34.9 Å². The molecule has 1 aliphatic carbocycles. The summed E-state index contributed by atoms with van der Waals surface area (Å²) >= 11 is 3.61. The van der Waals surface area contributed by atoms with Gasteiger partial charge in [-0.3, -0.25) is 0 Å². The van der Waals surface area contributed by atoms with Crippen molar-refractivity contribution in [3.8, 4) is 0 Å². The molecule has 0 saturated heterocycles. The highest BCUT2D eigenvalue weighted by atomic mass is 79.9. The van der Waals surface area contributed by atoms with Crippen molar-refractivity contribution in [3.05, 3.63) is 33.8 Å². The maximum atomic E-state index is 3.61. The first-order valence-electron chi connectivity index (χ1n) is 7.46. The fourth-order valence-corrected chi connectivity index (χ4v) is 3.86. The highest BCUT2D eigenvalue weighted by molar-refractivity contribution is 9.10. The van der Waals surface area contributed by atoms with Crippen molar-refractivity contribution in [1.82, 2.24) is 5.32 Å². The van der Waals surface area contributed by atoms with Gasteiger partial charge in [0.2, 0.25) is 0 Å².